The van der Waals surface area contributed by atoms with Crippen LogP contribution in [-0.2, 0) is 4.74 Å². The van der Waals surface area contributed by atoms with Gasteiger partial charge in [0.15, 0.2) is 0 Å². The van der Waals surface area contributed by atoms with Crippen LogP contribution in [0.3, 0.4) is 0 Å². The smallest absolute Gasteiger partial charge is 0.0670 e. The van der Waals surface area contributed by atoms with Crippen LogP contribution in [0.1, 0.15) is 26.7 Å². The summed E-state index contributed by atoms with van der Waals surface area (Å²) in [4.78, 5) is 0. The molecule has 0 atom stereocenters. The number of hydrogen-bond donors (Lipinski definition) is 0. The Balaban J connectivity index is 3.71. The molecule has 13 heavy (non-hydrogen) atoms. The molecule has 74 valence electrons. The van der Waals surface area contributed by atoms with Crippen LogP contribution in [0.5, 0.6) is 0 Å². The van der Waals surface area contributed by atoms with Gasteiger partial charge in [-0.05, 0) is 26.7 Å². The van der Waals surface area contributed by atoms with Crippen molar-refractivity contribution in [3.8, 4) is 0 Å². The van der Waals surface area contributed by atoms with Gasteiger partial charge in [0, 0.05) is 7.11 Å². The van der Waals surface area contributed by atoms with Crippen molar-refractivity contribution < 1.29 is 4.74 Å². The molecule has 0 aromatic rings. The van der Waals surface area contributed by atoms with Crippen LogP contribution in [0, 0.1) is 0 Å². The molecule has 0 aliphatic carbocycles. The maximum absolute atomic E-state index is 5.01. The predicted octanol–water partition coefficient (Wildman–Crippen LogP) is 3.49. The van der Waals surface area contributed by atoms with E-state index in [0.29, 0.717) is 0 Å². The Morgan fingerprint density at radius 3 is 2.54 bits per heavy atom. The minimum Gasteiger partial charge on any atom is -0.380 e. The fraction of sp³-hybridized carbons (Fsp3) is 0.500. The Bertz CT molecular complexity index is 199. The van der Waals surface area contributed by atoms with E-state index in [1.54, 1.807) is 7.11 Å². The monoisotopic (exact) mass is 180 g/mol. The fourth-order valence-electron chi connectivity index (χ4n) is 1.12. The standard InChI is InChI=1S/C12H20O/c1-5-7-11(2)8-6-9-12(3)10-13-4/h5,7,9H,1,6,8,10H2,2-4H3. The lowest BCUT2D eigenvalue weighted by atomic mass is 10.1. The molecule has 0 aliphatic heterocycles. The molecular weight excluding hydrogens is 160 g/mol. The van der Waals surface area contributed by atoms with Crippen molar-refractivity contribution in [2.45, 2.75) is 26.7 Å². The van der Waals surface area contributed by atoms with E-state index in [1.165, 1.54) is 11.1 Å². The van der Waals surface area contributed by atoms with Crippen molar-refractivity contribution in [1.29, 1.82) is 0 Å². The minimum absolute atomic E-state index is 0.740. The van der Waals surface area contributed by atoms with Crippen molar-refractivity contribution in [2.24, 2.45) is 0 Å². The first-order valence-electron chi connectivity index (χ1n) is 4.63. The molecule has 0 saturated carbocycles. The first-order chi connectivity index (χ1) is 6.20. The summed E-state index contributed by atoms with van der Waals surface area (Å²) in [7, 11) is 1.72. The van der Waals surface area contributed by atoms with Gasteiger partial charge in [-0.1, -0.05) is 36.0 Å². The first-order valence-corrected chi connectivity index (χ1v) is 4.63. The van der Waals surface area contributed by atoms with Gasteiger partial charge in [-0.25, -0.2) is 0 Å². The summed E-state index contributed by atoms with van der Waals surface area (Å²) in [6.45, 7) is 8.62. The van der Waals surface area contributed by atoms with E-state index in [-0.39, 0.29) is 0 Å². The summed E-state index contributed by atoms with van der Waals surface area (Å²) in [6, 6.07) is 0. The zero-order chi connectivity index (χ0) is 10.1. The number of ether oxygens (including phenoxy) is 1. The molecule has 0 aromatic carbocycles. The largest absolute Gasteiger partial charge is 0.380 e. The van der Waals surface area contributed by atoms with Gasteiger partial charge >= 0.3 is 0 Å². The van der Waals surface area contributed by atoms with Gasteiger partial charge in [0.25, 0.3) is 0 Å². The van der Waals surface area contributed by atoms with Crippen LogP contribution in [-0.4, -0.2) is 13.7 Å². The third kappa shape index (κ3) is 7.54. The number of methoxy groups -OCH3 is 1. The van der Waals surface area contributed by atoms with Crippen molar-refractivity contribution in [2.75, 3.05) is 13.7 Å². The van der Waals surface area contributed by atoms with Crippen molar-refractivity contribution in [3.05, 3.63) is 36.0 Å². The molecule has 0 radical (unpaired) electrons. The Kier molecular flexibility index (Phi) is 7.32. The van der Waals surface area contributed by atoms with E-state index in [0.717, 1.165) is 19.4 Å². The Morgan fingerprint density at radius 1 is 1.31 bits per heavy atom. The van der Waals surface area contributed by atoms with E-state index >= 15 is 0 Å². The second-order valence-electron chi connectivity index (χ2n) is 3.27. The SMILES string of the molecule is C=CC=C(C)CCC=C(C)COC. The molecule has 0 aliphatic rings. The maximum atomic E-state index is 5.01. The number of rotatable bonds is 6. The highest BCUT2D eigenvalue weighted by molar-refractivity contribution is 5.09. The van der Waals surface area contributed by atoms with Crippen LogP contribution in [0.25, 0.3) is 0 Å². The molecular formula is C12H20O. The van der Waals surface area contributed by atoms with Gasteiger partial charge in [-0.3, -0.25) is 0 Å². The first kappa shape index (κ1) is 12.2. The van der Waals surface area contributed by atoms with E-state index in [4.69, 9.17) is 4.74 Å². The quantitative estimate of drug-likeness (QED) is 0.449. The van der Waals surface area contributed by atoms with Crippen LogP contribution in [0.2, 0.25) is 0 Å². The molecule has 0 spiro atoms. The molecule has 0 heterocycles. The normalized spacial score (nSPS) is 13.2. The maximum Gasteiger partial charge on any atom is 0.0670 e. The van der Waals surface area contributed by atoms with Crippen molar-refractivity contribution in [3.63, 3.8) is 0 Å². The van der Waals surface area contributed by atoms with Crippen molar-refractivity contribution in [1.82, 2.24) is 0 Å². The molecule has 1 nitrogen and oxygen atoms in total. The molecule has 0 saturated heterocycles. The number of allylic oxidation sites excluding steroid dienone is 4. The van der Waals surface area contributed by atoms with Crippen LogP contribution in [0.4, 0.5) is 0 Å². The zero-order valence-corrected chi connectivity index (χ0v) is 8.97. The van der Waals surface area contributed by atoms with Crippen LogP contribution in [0.15, 0.2) is 36.0 Å². The molecule has 1 heteroatoms. The van der Waals surface area contributed by atoms with E-state index in [2.05, 4.69) is 32.6 Å². The Morgan fingerprint density at radius 2 is 2.00 bits per heavy atom. The lowest BCUT2D eigenvalue weighted by Crippen LogP contribution is -1.89. The zero-order valence-electron chi connectivity index (χ0n) is 8.97. The highest BCUT2D eigenvalue weighted by Crippen LogP contribution is 2.06. The lowest BCUT2D eigenvalue weighted by Gasteiger charge is -1.99. The number of hydrogen-bond acceptors (Lipinski definition) is 1. The Hall–Kier alpha value is -0.820. The fourth-order valence-corrected chi connectivity index (χ4v) is 1.12. The van der Waals surface area contributed by atoms with Crippen molar-refractivity contribution >= 4 is 0 Å². The van der Waals surface area contributed by atoms with E-state index in [1.807, 2.05) is 6.08 Å². The predicted molar refractivity (Wildman–Crippen MR) is 58.8 cm³/mol. The summed E-state index contributed by atoms with van der Waals surface area (Å²) in [5.74, 6) is 0. The molecule has 0 N–H and O–H groups in total. The van der Waals surface area contributed by atoms with Gasteiger partial charge in [0.05, 0.1) is 6.61 Å². The minimum atomic E-state index is 0.740. The van der Waals surface area contributed by atoms with Crippen LogP contribution >= 0.6 is 0 Å². The molecule has 0 unspecified atom stereocenters. The van der Waals surface area contributed by atoms with Gasteiger partial charge in [0.1, 0.15) is 0 Å². The third-order valence-corrected chi connectivity index (χ3v) is 1.81. The van der Waals surface area contributed by atoms with E-state index < -0.39 is 0 Å². The van der Waals surface area contributed by atoms with Gasteiger partial charge < -0.3 is 4.74 Å². The molecule has 0 fully saturated rings. The molecule has 0 amide bonds. The molecule has 0 rings (SSSR count). The van der Waals surface area contributed by atoms with Crippen LogP contribution < -0.4 is 0 Å². The summed E-state index contributed by atoms with van der Waals surface area (Å²) in [6.07, 6.45) is 8.31. The average molecular weight is 180 g/mol. The molecule has 0 aromatic heterocycles. The second kappa shape index (κ2) is 7.81. The average Bonchev–Trinajstić information content (AvgIpc) is 2.05. The van der Waals surface area contributed by atoms with Gasteiger partial charge in [0.2, 0.25) is 0 Å². The highest BCUT2D eigenvalue weighted by atomic mass is 16.5. The Labute approximate surface area is 81.8 Å². The lowest BCUT2D eigenvalue weighted by molar-refractivity contribution is 0.225. The molecule has 0 bridgehead atoms. The highest BCUT2D eigenvalue weighted by Gasteiger charge is 1.89. The van der Waals surface area contributed by atoms with Gasteiger partial charge in [-0.2, -0.15) is 0 Å². The van der Waals surface area contributed by atoms with E-state index in [9.17, 15) is 0 Å². The summed E-state index contributed by atoms with van der Waals surface area (Å²) < 4.78 is 5.01. The third-order valence-electron chi connectivity index (χ3n) is 1.81. The topological polar surface area (TPSA) is 9.23 Å². The second-order valence-corrected chi connectivity index (χ2v) is 3.27. The van der Waals surface area contributed by atoms with Gasteiger partial charge in [-0.15, -0.1) is 0 Å². The summed E-state index contributed by atoms with van der Waals surface area (Å²) in [5, 5.41) is 0. The summed E-state index contributed by atoms with van der Waals surface area (Å²) in [5.41, 5.74) is 2.67. The summed E-state index contributed by atoms with van der Waals surface area (Å²) >= 11 is 0.